The van der Waals surface area contributed by atoms with E-state index in [0.29, 0.717) is 12.5 Å². The molecule has 0 unspecified atom stereocenters. The number of aliphatic hydroxyl groups excluding tert-OH is 1. The van der Waals surface area contributed by atoms with Crippen LogP contribution in [0.3, 0.4) is 0 Å². The lowest BCUT2D eigenvalue weighted by Crippen LogP contribution is -2.44. The molecule has 2 aliphatic heterocycles. The van der Waals surface area contributed by atoms with Crippen molar-refractivity contribution in [2.75, 3.05) is 13.2 Å². The van der Waals surface area contributed by atoms with Gasteiger partial charge in [-0.15, -0.1) is 0 Å². The molecule has 2 rings (SSSR count). The first-order valence-corrected chi connectivity index (χ1v) is 5.64. The molecular weight excluding hydrogens is 192 g/mol. The van der Waals surface area contributed by atoms with Gasteiger partial charge in [-0.2, -0.15) is 0 Å². The van der Waals surface area contributed by atoms with Gasteiger partial charge in [-0.3, -0.25) is 9.80 Å². The predicted molar refractivity (Wildman–Crippen MR) is 56.9 cm³/mol. The highest BCUT2D eigenvalue weighted by Gasteiger charge is 2.49. The van der Waals surface area contributed by atoms with Crippen LogP contribution in [-0.4, -0.2) is 46.3 Å². The fourth-order valence-corrected chi connectivity index (χ4v) is 2.73. The number of amides is 1. The molecule has 86 valence electrons. The third-order valence-electron chi connectivity index (χ3n) is 3.50. The van der Waals surface area contributed by atoms with Crippen LogP contribution in [0.4, 0.5) is 0 Å². The Balaban J connectivity index is 2.22. The van der Waals surface area contributed by atoms with Gasteiger partial charge >= 0.3 is 0 Å². The third kappa shape index (κ3) is 1.66. The van der Waals surface area contributed by atoms with E-state index in [1.165, 1.54) is 0 Å². The summed E-state index contributed by atoms with van der Waals surface area (Å²) in [4.78, 5) is 11.7. The molecule has 2 atom stereocenters. The van der Waals surface area contributed by atoms with Crippen molar-refractivity contribution in [1.82, 2.24) is 10.0 Å². The minimum atomic E-state index is 0.00391. The molecule has 4 heteroatoms. The van der Waals surface area contributed by atoms with Crippen molar-refractivity contribution in [3.05, 3.63) is 0 Å². The van der Waals surface area contributed by atoms with E-state index in [-0.39, 0.29) is 24.0 Å². The Bertz CT molecular complexity index is 272. The van der Waals surface area contributed by atoms with E-state index in [9.17, 15) is 9.90 Å². The minimum absolute atomic E-state index is 0.00391. The monoisotopic (exact) mass is 212 g/mol. The largest absolute Gasteiger partial charge is 0.394 e. The molecule has 0 spiro atoms. The molecule has 0 aliphatic carbocycles. The highest BCUT2D eigenvalue weighted by Crippen LogP contribution is 2.38. The van der Waals surface area contributed by atoms with Crippen molar-refractivity contribution < 1.29 is 9.90 Å². The average molecular weight is 212 g/mol. The summed E-state index contributed by atoms with van der Waals surface area (Å²) in [5.41, 5.74) is 0.160. The van der Waals surface area contributed by atoms with Gasteiger partial charge in [0, 0.05) is 19.0 Å². The fraction of sp³-hybridized carbons (Fsp3) is 0.909. The average Bonchev–Trinajstić information content (AvgIpc) is 2.65. The second-order valence-corrected chi connectivity index (χ2v) is 5.61. The van der Waals surface area contributed by atoms with Crippen molar-refractivity contribution in [3.8, 4) is 0 Å². The minimum Gasteiger partial charge on any atom is -0.394 e. The van der Waals surface area contributed by atoms with E-state index in [2.05, 4.69) is 25.8 Å². The number of carbonyl (C=O) groups excluding carboxylic acids is 1. The Morgan fingerprint density at radius 3 is 2.67 bits per heavy atom. The maximum atomic E-state index is 11.7. The lowest BCUT2D eigenvalue weighted by molar-refractivity contribution is -0.140. The van der Waals surface area contributed by atoms with Gasteiger partial charge in [0.05, 0.1) is 12.6 Å². The number of fused-ring (bicyclic) bond motifs is 1. The summed E-state index contributed by atoms with van der Waals surface area (Å²) >= 11 is 0. The number of hydrazine groups is 1. The van der Waals surface area contributed by atoms with Crippen LogP contribution in [0, 0.1) is 5.41 Å². The van der Waals surface area contributed by atoms with Crippen LogP contribution in [0.15, 0.2) is 0 Å². The van der Waals surface area contributed by atoms with Crippen molar-refractivity contribution in [2.45, 2.75) is 45.7 Å². The highest BCUT2D eigenvalue weighted by molar-refractivity contribution is 5.78. The number of hydrogen-bond acceptors (Lipinski definition) is 3. The van der Waals surface area contributed by atoms with E-state index in [4.69, 9.17) is 0 Å². The zero-order valence-corrected chi connectivity index (χ0v) is 9.73. The lowest BCUT2D eigenvalue weighted by atomic mass is 9.84. The molecule has 2 heterocycles. The second-order valence-electron chi connectivity index (χ2n) is 5.61. The standard InChI is InChI=1S/C11H20N2O2/c1-11(2,3)9-6-8(7-14)13-10(15)4-5-12(9)13/h8-9,14H,4-7H2,1-3H3/t8-,9-/m1/s1. The smallest absolute Gasteiger partial charge is 0.238 e. The maximum absolute atomic E-state index is 11.7. The van der Waals surface area contributed by atoms with Crippen molar-refractivity contribution in [2.24, 2.45) is 5.41 Å². The number of hydrogen-bond donors (Lipinski definition) is 1. The maximum Gasteiger partial charge on any atom is 0.238 e. The van der Waals surface area contributed by atoms with Crippen LogP contribution in [0.1, 0.15) is 33.6 Å². The molecule has 0 aromatic carbocycles. The van der Waals surface area contributed by atoms with Crippen LogP contribution in [0.25, 0.3) is 0 Å². The Kier molecular flexibility index (Phi) is 2.51. The van der Waals surface area contributed by atoms with Gasteiger partial charge in [-0.1, -0.05) is 20.8 Å². The molecule has 0 aromatic rings. The number of carbonyl (C=O) groups is 1. The van der Waals surface area contributed by atoms with Gasteiger partial charge in [-0.05, 0) is 11.8 Å². The fourth-order valence-electron chi connectivity index (χ4n) is 2.73. The zero-order chi connectivity index (χ0) is 11.2. The van der Waals surface area contributed by atoms with E-state index < -0.39 is 0 Å². The van der Waals surface area contributed by atoms with Crippen LogP contribution in [0.2, 0.25) is 0 Å². The van der Waals surface area contributed by atoms with Gasteiger partial charge in [0.25, 0.3) is 0 Å². The quantitative estimate of drug-likeness (QED) is 0.693. The molecule has 2 aliphatic rings. The molecule has 15 heavy (non-hydrogen) atoms. The highest BCUT2D eigenvalue weighted by atomic mass is 16.3. The van der Waals surface area contributed by atoms with E-state index in [0.717, 1.165) is 13.0 Å². The normalized spacial score (nSPS) is 32.5. The van der Waals surface area contributed by atoms with Gasteiger partial charge in [0.2, 0.25) is 5.91 Å². The van der Waals surface area contributed by atoms with Crippen LogP contribution < -0.4 is 0 Å². The van der Waals surface area contributed by atoms with Gasteiger partial charge in [0.15, 0.2) is 0 Å². The van der Waals surface area contributed by atoms with Crippen LogP contribution in [-0.2, 0) is 4.79 Å². The Morgan fingerprint density at radius 1 is 1.47 bits per heavy atom. The summed E-state index contributed by atoms with van der Waals surface area (Å²) in [6.45, 7) is 7.47. The molecule has 1 amide bonds. The third-order valence-corrected chi connectivity index (χ3v) is 3.50. The Labute approximate surface area is 90.8 Å². The van der Waals surface area contributed by atoms with Crippen molar-refractivity contribution in [3.63, 3.8) is 0 Å². The summed E-state index contributed by atoms with van der Waals surface area (Å²) in [6, 6.07) is 0.380. The molecule has 0 saturated carbocycles. The SMILES string of the molecule is CC(C)(C)[C@H]1C[C@H](CO)N2C(=O)CCN12. The summed E-state index contributed by atoms with van der Waals surface area (Å²) in [5.74, 6) is 0.167. The zero-order valence-electron chi connectivity index (χ0n) is 9.73. The molecule has 2 fully saturated rings. The van der Waals surface area contributed by atoms with E-state index in [1.807, 2.05) is 0 Å². The summed E-state index contributed by atoms with van der Waals surface area (Å²) < 4.78 is 0. The lowest BCUT2D eigenvalue weighted by Gasteiger charge is -2.34. The number of rotatable bonds is 1. The first-order valence-electron chi connectivity index (χ1n) is 5.64. The molecular formula is C11H20N2O2. The first-order chi connectivity index (χ1) is 6.95. The van der Waals surface area contributed by atoms with Crippen molar-refractivity contribution >= 4 is 5.91 Å². The van der Waals surface area contributed by atoms with Gasteiger partial charge < -0.3 is 5.11 Å². The predicted octanol–water partition coefficient (Wildman–Crippen LogP) is 0.615. The topological polar surface area (TPSA) is 43.8 Å². The first kappa shape index (κ1) is 10.9. The van der Waals surface area contributed by atoms with Crippen molar-refractivity contribution in [1.29, 1.82) is 0 Å². The van der Waals surface area contributed by atoms with E-state index >= 15 is 0 Å². The number of aliphatic hydroxyl groups is 1. The van der Waals surface area contributed by atoms with Crippen LogP contribution >= 0.6 is 0 Å². The Hall–Kier alpha value is -0.610. The van der Waals surface area contributed by atoms with Gasteiger partial charge in [0.1, 0.15) is 0 Å². The van der Waals surface area contributed by atoms with E-state index in [1.54, 1.807) is 5.01 Å². The summed E-state index contributed by atoms with van der Waals surface area (Å²) in [6.07, 6.45) is 1.49. The molecule has 0 radical (unpaired) electrons. The summed E-state index contributed by atoms with van der Waals surface area (Å²) in [5, 5.41) is 13.2. The molecule has 0 bridgehead atoms. The molecule has 1 N–H and O–H groups in total. The van der Waals surface area contributed by atoms with Crippen LogP contribution in [0.5, 0.6) is 0 Å². The molecule has 4 nitrogen and oxygen atoms in total. The molecule has 2 saturated heterocycles. The summed E-state index contributed by atoms with van der Waals surface area (Å²) in [7, 11) is 0. The second kappa shape index (κ2) is 3.46. The Morgan fingerprint density at radius 2 is 2.13 bits per heavy atom. The van der Waals surface area contributed by atoms with Gasteiger partial charge in [-0.25, -0.2) is 5.01 Å². The number of nitrogens with zero attached hydrogens (tertiary/aromatic N) is 2. The molecule has 0 aromatic heterocycles.